The predicted molar refractivity (Wildman–Crippen MR) is 140 cm³/mol. The van der Waals surface area contributed by atoms with Crippen molar-refractivity contribution in [3.8, 4) is 5.75 Å². The highest BCUT2D eigenvalue weighted by molar-refractivity contribution is 5.97. The Bertz CT molecular complexity index is 1240. The third-order valence-electron chi connectivity index (χ3n) is 7.89. The van der Waals surface area contributed by atoms with Crippen molar-refractivity contribution in [1.29, 1.82) is 0 Å². The predicted octanol–water partition coefficient (Wildman–Crippen LogP) is 4.59. The Morgan fingerprint density at radius 1 is 1.14 bits per heavy atom. The third kappa shape index (κ3) is 4.84. The van der Waals surface area contributed by atoms with Crippen molar-refractivity contribution in [2.75, 3.05) is 19.7 Å². The lowest BCUT2D eigenvalue weighted by Gasteiger charge is -2.41. The number of ether oxygens (including phenoxy) is 1. The summed E-state index contributed by atoms with van der Waals surface area (Å²) in [7, 11) is 0. The molecular weight excluding hydrogens is 452 g/mol. The Morgan fingerprint density at radius 3 is 2.75 bits per heavy atom. The minimum absolute atomic E-state index is 0.0183. The number of carbonyl (C=O) groups is 2. The summed E-state index contributed by atoms with van der Waals surface area (Å²) in [5.74, 6) is 1.04. The Hall–Kier alpha value is -3.35. The highest BCUT2D eigenvalue weighted by Crippen LogP contribution is 2.38. The quantitative estimate of drug-likeness (QED) is 0.573. The lowest BCUT2D eigenvalue weighted by Crippen LogP contribution is -2.52. The largest absolute Gasteiger partial charge is 0.491 e. The number of benzene rings is 2. The van der Waals surface area contributed by atoms with E-state index in [2.05, 4.69) is 33.9 Å². The smallest absolute Gasteiger partial charge is 0.253 e. The van der Waals surface area contributed by atoms with E-state index < -0.39 is 5.41 Å². The molecule has 2 aromatic carbocycles. The number of para-hydroxylation sites is 1. The lowest BCUT2D eigenvalue weighted by molar-refractivity contribution is -0.135. The van der Waals surface area contributed by atoms with Gasteiger partial charge in [0.1, 0.15) is 12.4 Å². The number of aromatic nitrogens is 2. The van der Waals surface area contributed by atoms with Crippen LogP contribution in [0.1, 0.15) is 61.9 Å². The second-order valence-corrected chi connectivity index (χ2v) is 10.3. The number of fused-ring (bicyclic) bond motifs is 2. The van der Waals surface area contributed by atoms with E-state index in [-0.39, 0.29) is 17.9 Å². The number of likely N-dealkylation sites (tertiary alicyclic amines) is 1. The highest BCUT2D eigenvalue weighted by Gasteiger charge is 2.42. The van der Waals surface area contributed by atoms with Crippen LogP contribution < -0.4 is 10.1 Å². The molecule has 1 fully saturated rings. The van der Waals surface area contributed by atoms with Crippen molar-refractivity contribution in [3.63, 3.8) is 0 Å². The third-order valence-corrected chi connectivity index (χ3v) is 7.89. The van der Waals surface area contributed by atoms with Gasteiger partial charge in [0, 0.05) is 25.2 Å². The number of hydrogen-bond acceptors (Lipinski definition) is 4. The van der Waals surface area contributed by atoms with Gasteiger partial charge >= 0.3 is 0 Å². The number of aryl methyl sites for hydroxylation is 2. The van der Waals surface area contributed by atoms with Crippen LogP contribution in [0, 0.1) is 5.41 Å². The summed E-state index contributed by atoms with van der Waals surface area (Å²) < 4.78 is 8.13. The Balaban J connectivity index is 1.28. The molecule has 1 N–H and O–H groups in total. The van der Waals surface area contributed by atoms with E-state index in [0.717, 1.165) is 49.0 Å². The molecular formula is C29H36N4O3. The molecule has 1 saturated heterocycles. The van der Waals surface area contributed by atoms with E-state index in [9.17, 15) is 9.59 Å². The lowest BCUT2D eigenvalue weighted by atomic mass is 9.73. The summed E-state index contributed by atoms with van der Waals surface area (Å²) in [6, 6.07) is 13.9. The molecule has 0 unspecified atom stereocenters. The number of nitrogens with one attached hydrogen (secondary N) is 1. The zero-order chi connectivity index (χ0) is 25.1. The van der Waals surface area contributed by atoms with Crippen LogP contribution in [0.4, 0.5) is 0 Å². The minimum atomic E-state index is -0.437. The fraction of sp³-hybridized carbons (Fsp3) is 0.483. The molecule has 2 amide bonds. The first-order chi connectivity index (χ1) is 17.5. The monoisotopic (exact) mass is 488 g/mol. The van der Waals surface area contributed by atoms with Crippen LogP contribution >= 0.6 is 0 Å². The van der Waals surface area contributed by atoms with Gasteiger partial charge in [-0.2, -0.15) is 0 Å². The molecule has 1 aromatic heterocycles. The molecule has 7 nitrogen and oxygen atoms in total. The van der Waals surface area contributed by atoms with Crippen LogP contribution in [0.5, 0.6) is 5.75 Å². The number of hydrogen-bond donors (Lipinski definition) is 1. The highest BCUT2D eigenvalue weighted by atomic mass is 16.5. The normalized spacial score (nSPS) is 20.7. The van der Waals surface area contributed by atoms with Crippen LogP contribution in [0.3, 0.4) is 0 Å². The van der Waals surface area contributed by atoms with E-state index >= 15 is 0 Å². The Kier molecular flexibility index (Phi) is 6.99. The van der Waals surface area contributed by atoms with Gasteiger partial charge in [0.05, 0.1) is 28.8 Å². The van der Waals surface area contributed by atoms with Gasteiger partial charge in [0.2, 0.25) is 5.91 Å². The van der Waals surface area contributed by atoms with Crippen molar-refractivity contribution in [3.05, 3.63) is 59.9 Å². The van der Waals surface area contributed by atoms with E-state index in [1.54, 1.807) is 0 Å². The number of nitrogens with zero attached hydrogens (tertiary/aromatic N) is 3. The second-order valence-electron chi connectivity index (χ2n) is 10.3. The first kappa shape index (κ1) is 24.3. The van der Waals surface area contributed by atoms with Gasteiger partial charge in [0.25, 0.3) is 5.91 Å². The van der Waals surface area contributed by atoms with Crippen molar-refractivity contribution in [2.45, 2.75) is 65.0 Å². The fourth-order valence-corrected chi connectivity index (χ4v) is 5.62. The molecule has 36 heavy (non-hydrogen) atoms. The number of amides is 2. The first-order valence-electron chi connectivity index (χ1n) is 13.2. The van der Waals surface area contributed by atoms with E-state index in [0.29, 0.717) is 38.1 Å². The van der Waals surface area contributed by atoms with Crippen LogP contribution in [-0.2, 0) is 17.8 Å². The van der Waals surface area contributed by atoms with Crippen molar-refractivity contribution >= 4 is 22.8 Å². The molecule has 0 aliphatic carbocycles. The summed E-state index contributed by atoms with van der Waals surface area (Å²) in [5, 5.41) is 3.21. The summed E-state index contributed by atoms with van der Waals surface area (Å²) in [5.41, 5.74) is 3.33. The molecule has 0 saturated carbocycles. The number of imidazole rings is 1. The molecule has 0 bridgehead atoms. The zero-order valence-electron chi connectivity index (χ0n) is 21.3. The van der Waals surface area contributed by atoms with Crippen LogP contribution in [-0.4, -0.2) is 52.0 Å². The summed E-state index contributed by atoms with van der Waals surface area (Å²) >= 11 is 0. The Morgan fingerprint density at radius 2 is 1.94 bits per heavy atom. The molecule has 0 radical (unpaired) electrons. The summed E-state index contributed by atoms with van der Waals surface area (Å²) in [6.45, 7) is 6.53. The zero-order valence-corrected chi connectivity index (χ0v) is 21.3. The van der Waals surface area contributed by atoms with Gasteiger partial charge in [-0.05, 0) is 75.8 Å². The Labute approximate surface area is 212 Å². The molecule has 1 spiro atoms. The van der Waals surface area contributed by atoms with Crippen molar-refractivity contribution in [1.82, 2.24) is 19.8 Å². The van der Waals surface area contributed by atoms with Crippen LogP contribution in [0.25, 0.3) is 11.0 Å². The topological polar surface area (TPSA) is 76.5 Å². The van der Waals surface area contributed by atoms with Gasteiger partial charge in [-0.25, -0.2) is 4.98 Å². The second kappa shape index (κ2) is 10.3. The maximum Gasteiger partial charge on any atom is 0.253 e. The van der Waals surface area contributed by atoms with Gasteiger partial charge in [-0.3, -0.25) is 9.59 Å². The van der Waals surface area contributed by atoms with Crippen molar-refractivity contribution < 1.29 is 14.3 Å². The number of piperidine rings is 1. The maximum atomic E-state index is 13.5. The number of carbonyl (C=O) groups excluding carboxylic acids is 2. The van der Waals surface area contributed by atoms with Gasteiger partial charge < -0.3 is 19.5 Å². The van der Waals surface area contributed by atoms with E-state index in [1.165, 1.54) is 5.56 Å². The molecule has 190 valence electrons. The van der Waals surface area contributed by atoms with Gasteiger partial charge in [0.15, 0.2) is 0 Å². The maximum absolute atomic E-state index is 13.5. The van der Waals surface area contributed by atoms with E-state index in [4.69, 9.17) is 4.74 Å². The first-order valence-corrected chi connectivity index (χ1v) is 13.2. The van der Waals surface area contributed by atoms with E-state index in [1.807, 2.05) is 48.5 Å². The molecule has 1 atom stereocenters. The SMILES string of the molecule is CCn1cnc2cc(C(=O)N3CCC4(CCCCc5ccccc5OC[C@@H](C)NC4=O)CC3)ccc21. The molecule has 3 heterocycles. The fourth-order valence-electron chi connectivity index (χ4n) is 5.62. The van der Waals surface area contributed by atoms with Gasteiger partial charge in [-0.1, -0.05) is 24.6 Å². The number of rotatable bonds is 2. The van der Waals surface area contributed by atoms with Crippen molar-refractivity contribution in [2.24, 2.45) is 5.41 Å². The minimum Gasteiger partial charge on any atom is -0.491 e. The van der Waals surface area contributed by atoms with Gasteiger partial charge in [-0.15, -0.1) is 0 Å². The molecule has 5 rings (SSSR count). The summed E-state index contributed by atoms with van der Waals surface area (Å²) in [6.07, 6.45) is 6.96. The molecule has 7 heteroatoms. The van der Waals surface area contributed by atoms with Crippen LogP contribution in [0.2, 0.25) is 0 Å². The molecule has 2 aliphatic rings. The van der Waals surface area contributed by atoms with Crippen LogP contribution in [0.15, 0.2) is 48.8 Å². The average molecular weight is 489 g/mol. The average Bonchev–Trinajstić information content (AvgIpc) is 3.32. The molecule has 3 aromatic rings. The summed E-state index contributed by atoms with van der Waals surface area (Å²) in [4.78, 5) is 33.2. The standard InChI is InChI=1S/C29H36N4O3/c1-3-32-20-30-24-18-23(11-12-25(24)32)27(34)33-16-14-29(15-17-33)13-7-6-9-22-8-4-5-10-26(22)36-19-21(2)31-28(29)35/h4-5,8,10-12,18,20-21H,3,6-7,9,13-17,19H2,1-2H3,(H,31,35)/t21-/m1/s1. The molecule has 2 aliphatic heterocycles.